The van der Waals surface area contributed by atoms with Gasteiger partial charge in [-0.05, 0) is 31.4 Å². The summed E-state index contributed by atoms with van der Waals surface area (Å²) in [5, 5.41) is 14.8. The van der Waals surface area contributed by atoms with Crippen LogP contribution in [0.4, 0.5) is 5.69 Å². The first-order chi connectivity index (χ1) is 9.60. The third kappa shape index (κ3) is 3.54. The zero-order valence-corrected chi connectivity index (χ0v) is 11.4. The van der Waals surface area contributed by atoms with Crippen molar-refractivity contribution in [3.05, 3.63) is 24.0 Å². The Labute approximate surface area is 117 Å². The highest BCUT2D eigenvalue weighted by molar-refractivity contribution is 5.96. The van der Waals surface area contributed by atoms with Gasteiger partial charge in [0.2, 0.25) is 5.91 Å². The molecule has 2 heterocycles. The molecule has 0 aliphatic carbocycles. The molecule has 1 aromatic rings. The zero-order valence-electron chi connectivity index (χ0n) is 11.4. The van der Waals surface area contributed by atoms with Gasteiger partial charge in [-0.25, -0.2) is 4.79 Å². The molecule has 1 fully saturated rings. The maximum absolute atomic E-state index is 12.2. The first kappa shape index (κ1) is 14.5. The number of piperidine rings is 1. The fourth-order valence-electron chi connectivity index (χ4n) is 2.42. The predicted octanol–water partition coefficient (Wildman–Crippen LogP) is 1.50. The smallest absolute Gasteiger partial charge is 0.337 e. The maximum atomic E-state index is 12.2. The molecule has 0 spiro atoms. The first-order valence-electron chi connectivity index (χ1n) is 6.82. The van der Waals surface area contributed by atoms with Crippen LogP contribution in [0.2, 0.25) is 0 Å². The van der Waals surface area contributed by atoms with E-state index in [1.807, 2.05) is 0 Å². The van der Waals surface area contributed by atoms with Crippen molar-refractivity contribution in [2.75, 3.05) is 11.9 Å². The van der Waals surface area contributed by atoms with Crippen molar-refractivity contribution in [2.45, 2.75) is 32.2 Å². The summed E-state index contributed by atoms with van der Waals surface area (Å²) >= 11 is 0. The van der Waals surface area contributed by atoms with E-state index in [4.69, 9.17) is 5.11 Å². The second kappa shape index (κ2) is 6.47. The van der Waals surface area contributed by atoms with Crippen LogP contribution in [0.1, 0.15) is 36.5 Å². The van der Waals surface area contributed by atoms with Crippen LogP contribution in [0.25, 0.3) is 0 Å². The Balaban J connectivity index is 2.00. The second-order valence-corrected chi connectivity index (χ2v) is 5.06. The van der Waals surface area contributed by atoms with Crippen LogP contribution in [-0.2, 0) is 4.79 Å². The van der Waals surface area contributed by atoms with Crippen LogP contribution < -0.4 is 10.6 Å². The molecule has 20 heavy (non-hydrogen) atoms. The number of hydrogen-bond donors (Lipinski definition) is 3. The quantitative estimate of drug-likeness (QED) is 0.775. The minimum Gasteiger partial charge on any atom is -0.478 e. The Morgan fingerprint density at radius 3 is 3.00 bits per heavy atom. The number of rotatable bonds is 4. The maximum Gasteiger partial charge on any atom is 0.337 e. The molecule has 2 atom stereocenters. The lowest BCUT2D eigenvalue weighted by Gasteiger charge is -2.28. The number of nitrogens with one attached hydrogen (secondary N) is 2. The molecule has 0 radical (unpaired) electrons. The summed E-state index contributed by atoms with van der Waals surface area (Å²) in [5.41, 5.74) is 0.473. The normalized spacial score (nSPS) is 22.2. The predicted molar refractivity (Wildman–Crippen MR) is 74.6 cm³/mol. The van der Waals surface area contributed by atoms with Crippen molar-refractivity contribution in [1.82, 2.24) is 10.3 Å². The fraction of sp³-hybridized carbons (Fsp3) is 0.500. The van der Waals surface area contributed by atoms with Crippen molar-refractivity contribution < 1.29 is 14.7 Å². The van der Waals surface area contributed by atoms with Crippen LogP contribution in [0.15, 0.2) is 18.5 Å². The summed E-state index contributed by atoms with van der Waals surface area (Å²) in [7, 11) is 0. The Bertz CT molecular complexity index is 504. The average Bonchev–Trinajstić information content (AvgIpc) is 2.47. The largest absolute Gasteiger partial charge is 0.478 e. The van der Waals surface area contributed by atoms with E-state index >= 15 is 0 Å². The zero-order chi connectivity index (χ0) is 14.5. The molecular weight excluding hydrogens is 258 g/mol. The average molecular weight is 277 g/mol. The van der Waals surface area contributed by atoms with E-state index in [1.54, 1.807) is 0 Å². The lowest BCUT2D eigenvalue weighted by molar-refractivity contribution is -0.119. The summed E-state index contributed by atoms with van der Waals surface area (Å²) in [6.45, 7) is 2.97. The minimum absolute atomic E-state index is 0.0610. The number of anilines is 1. The number of aromatic carboxylic acids is 1. The summed E-state index contributed by atoms with van der Waals surface area (Å²) in [4.78, 5) is 26.8. The number of amides is 1. The van der Waals surface area contributed by atoms with E-state index in [2.05, 4.69) is 22.5 Å². The molecule has 2 rings (SSSR count). The number of carbonyl (C=O) groups is 2. The SMILES string of the molecule is CCC1CCNC(C(=O)Nc2cncc(C(=O)O)c2)C1. The molecule has 1 aliphatic rings. The van der Waals surface area contributed by atoms with Crippen LogP contribution in [-0.4, -0.2) is 34.6 Å². The Morgan fingerprint density at radius 2 is 2.30 bits per heavy atom. The van der Waals surface area contributed by atoms with E-state index < -0.39 is 5.97 Å². The molecule has 1 saturated heterocycles. The first-order valence-corrected chi connectivity index (χ1v) is 6.82. The van der Waals surface area contributed by atoms with Gasteiger partial charge in [0.25, 0.3) is 0 Å². The van der Waals surface area contributed by atoms with Gasteiger partial charge in [0.1, 0.15) is 0 Å². The fourth-order valence-corrected chi connectivity index (χ4v) is 2.42. The molecule has 0 bridgehead atoms. The number of carboxylic acid groups (broad SMARTS) is 1. The minimum atomic E-state index is -1.06. The van der Waals surface area contributed by atoms with Crippen LogP contribution in [0.3, 0.4) is 0 Å². The van der Waals surface area contributed by atoms with Gasteiger partial charge in [0.05, 0.1) is 23.5 Å². The van der Waals surface area contributed by atoms with Gasteiger partial charge in [0, 0.05) is 6.20 Å². The lowest BCUT2D eigenvalue weighted by atomic mass is 9.90. The van der Waals surface area contributed by atoms with E-state index in [9.17, 15) is 9.59 Å². The molecule has 108 valence electrons. The van der Waals surface area contributed by atoms with E-state index in [-0.39, 0.29) is 17.5 Å². The highest BCUT2D eigenvalue weighted by atomic mass is 16.4. The number of carbonyl (C=O) groups excluding carboxylic acids is 1. The number of pyridine rings is 1. The Kier molecular flexibility index (Phi) is 4.68. The molecule has 0 aromatic carbocycles. The third-order valence-corrected chi connectivity index (χ3v) is 3.66. The van der Waals surface area contributed by atoms with E-state index in [1.165, 1.54) is 18.5 Å². The summed E-state index contributed by atoms with van der Waals surface area (Å²) in [6.07, 6.45) is 5.68. The number of hydrogen-bond acceptors (Lipinski definition) is 4. The lowest BCUT2D eigenvalue weighted by Crippen LogP contribution is -2.46. The topological polar surface area (TPSA) is 91.3 Å². The van der Waals surface area contributed by atoms with Gasteiger partial charge < -0.3 is 15.7 Å². The van der Waals surface area contributed by atoms with Crippen molar-refractivity contribution in [3.8, 4) is 0 Å². The third-order valence-electron chi connectivity index (χ3n) is 3.66. The van der Waals surface area contributed by atoms with Gasteiger partial charge in [-0.2, -0.15) is 0 Å². The molecule has 1 aliphatic heterocycles. The van der Waals surface area contributed by atoms with Gasteiger partial charge >= 0.3 is 5.97 Å². The monoisotopic (exact) mass is 277 g/mol. The molecule has 6 nitrogen and oxygen atoms in total. The van der Waals surface area contributed by atoms with Crippen LogP contribution >= 0.6 is 0 Å². The van der Waals surface area contributed by atoms with Gasteiger partial charge in [-0.15, -0.1) is 0 Å². The van der Waals surface area contributed by atoms with Crippen LogP contribution in [0.5, 0.6) is 0 Å². The summed E-state index contributed by atoms with van der Waals surface area (Å²) in [5.74, 6) is -0.626. The van der Waals surface area contributed by atoms with Gasteiger partial charge in [0.15, 0.2) is 0 Å². The number of nitrogens with zero attached hydrogens (tertiary/aromatic N) is 1. The van der Waals surface area contributed by atoms with Crippen LogP contribution in [0, 0.1) is 5.92 Å². The summed E-state index contributed by atoms with van der Waals surface area (Å²) in [6, 6.07) is 1.19. The molecule has 1 aromatic heterocycles. The molecule has 1 amide bonds. The van der Waals surface area contributed by atoms with E-state index in [0.717, 1.165) is 25.8 Å². The standard InChI is InChI=1S/C14H19N3O3/c1-2-9-3-4-16-12(5-9)13(18)17-11-6-10(14(19)20)7-15-8-11/h6-9,12,16H,2-5H2,1H3,(H,17,18)(H,19,20). The molecule has 0 saturated carbocycles. The van der Waals surface area contributed by atoms with Gasteiger partial charge in [-0.3, -0.25) is 9.78 Å². The Morgan fingerprint density at radius 1 is 1.50 bits per heavy atom. The molecular formula is C14H19N3O3. The van der Waals surface area contributed by atoms with E-state index in [0.29, 0.717) is 11.6 Å². The number of aromatic nitrogens is 1. The van der Waals surface area contributed by atoms with Crippen molar-refractivity contribution in [1.29, 1.82) is 0 Å². The number of carboxylic acids is 1. The highest BCUT2D eigenvalue weighted by Gasteiger charge is 2.26. The second-order valence-electron chi connectivity index (χ2n) is 5.06. The van der Waals surface area contributed by atoms with Crippen molar-refractivity contribution >= 4 is 17.6 Å². The summed E-state index contributed by atoms with van der Waals surface area (Å²) < 4.78 is 0. The van der Waals surface area contributed by atoms with Gasteiger partial charge in [-0.1, -0.05) is 13.3 Å². The molecule has 3 N–H and O–H groups in total. The Hall–Kier alpha value is -1.95. The molecule has 6 heteroatoms. The highest BCUT2D eigenvalue weighted by Crippen LogP contribution is 2.20. The van der Waals surface area contributed by atoms with Crippen molar-refractivity contribution in [3.63, 3.8) is 0 Å². The van der Waals surface area contributed by atoms with Crippen molar-refractivity contribution in [2.24, 2.45) is 5.92 Å². The molecule has 2 unspecified atom stereocenters.